The number of cyclic esters (lactones) is 1. The zero-order chi connectivity index (χ0) is 19.9. The minimum atomic E-state index is -0.483. The second kappa shape index (κ2) is 7.27. The van der Waals surface area contributed by atoms with Gasteiger partial charge in [0.05, 0.1) is 17.3 Å². The molecule has 0 N–H and O–H groups in total. The predicted molar refractivity (Wildman–Crippen MR) is 102 cm³/mol. The highest BCUT2D eigenvalue weighted by molar-refractivity contribution is 7.09. The first-order chi connectivity index (χ1) is 13.3. The quantitative estimate of drug-likeness (QED) is 0.723. The molecule has 2 aliphatic heterocycles. The Bertz CT molecular complexity index is 890. The highest BCUT2D eigenvalue weighted by Crippen LogP contribution is 2.37. The molecule has 9 heteroatoms. The van der Waals surface area contributed by atoms with E-state index in [1.165, 1.54) is 11.5 Å². The molecule has 8 nitrogen and oxygen atoms in total. The van der Waals surface area contributed by atoms with Gasteiger partial charge in [-0.25, -0.2) is 0 Å². The van der Waals surface area contributed by atoms with Gasteiger partial charge in [0.15, 0.2) is 5.76 Å². The summed E-state index contributed by atoms with van der Waals surface area (Å²) in [6, 6.07) is 1.87. The van der Waals surface area contributed by atoms with Crippen molar-refractivity contribution in [2.24, 2.45) is 5.92 Å². The molecule has 1 amide bonds. The molecule has 0 radical (unpaired) electrons. The van der Waals surface area contributed by atoms with Crippen LogP contribution in [-0.4, -0.2) is 50.2 Å². The van der Waals surface area contributed by atoms with Crippen molar-refractivity contribution in [2.75, 3.05) is 13.1 Å². The third-order valence-corrected chi connectivity index (χ3v) is 6.15. The van der Waals surface area contributed by atoms with Crippen molar-refractivity contribution in [1.82, 2.24) is 19.6 Å². The van der Waals surface area contributed by atoms with Crippen molar-refractivity contribution in [2.45, 2.75) is 58.0 Å². The van der Waals surface area contributed by atoms with Crippen LogP contribution in [0.5, 0.6) is 0 Å². The van der Waals surface area contributed by atoms with E-state index in [0.29, 0.717) is 25.3 Å². The van der Waals surface area contributed by atoms with E-state index in [-0.39, 0.29) is 30.1 Å². The second-order valence-corrected chi connectivity index (χ2v) is 9.04. The SMILES string of the molecule is Cc1cc(-c2snnc2[C@H]2CCCN(C(=O)C[C@@H]3CC(C)(C)OC3=O)C2)on1. The number of hydrogen-bond acceptors (Lipinski definition) is 8. The van der Waals surface area contributed by atoms with E-state index >= 15 is 0 Å². The van der Waals surface area contributed by atoms with E-state index in [1.807, 2.05) is 31.7 Å². The predicted octanol–water partition coefficient (Wildman–Crippen LogP) is 2.94. The van der Waals surface area contributed by atoms with Crippen LogP contribution in [0.15, 0.2) is 10.6 Å². The van der Waals surface area contributed by atoms with E-state index in [0.717, 1.165) is 29.1 Å². The van der Waals surface area contributed by atoms with Crippen LogP contribution in [0.1, 0.15) is 56.8 Å². The Morgan fingerprint density at radius 1 is 1.43 bits per heavy atom. The summed E-state index contributed by atoms with van der Waals surface area (Å²) in [6.07, 6.45) is 2.62. The summed E-state index contributed by atoms with van der Waals surface area (Å²) in [5.41, 5.74) is 1.18. The first-order valence-corrected chi connectivity index (χ1v) is 10.4. The average molecular weight is 404 g/mol. The lowest BCUT2D eigenvalue weighted by Crippen LogP contribution is -2.40. The Hall–Kier alpha value is -2.29. The van der Waals surface area contributed by atoms with Crippen molar-refractivity contribution < 1.29 is 18.8 Å². The van der Waals surface area contributed by atoms with E-state index < -0.39 is 5.60 Å². The maximum absolute atomic E-state index is 12.8. The number of aryl methyl sites for hydroxylation is 1. The second-order valence-electron chi connectivity index (χ2n) is 8.28. The number of carbonyl (C=O) groups excluding carboxylic acids is 2. The number of carbonyl (C=O) groups is 2. The summed E-state index contributed by atoms with van der Waals surface area (Å²) < 4.78 is 14.8. The molecule has 2 aromatic heterocycles. The molecule has 2 saturated heterocycles. The fourth-order valence-electron chi connectivity index (χ4n) is 4.10. The Labute approximate surface area is 167 Å². The summed E-state index contributed by atoms with van der Waals surface area (Å²) in [5, 5.41) is 8.27. The van der Waals surface area contributed by atoms with Gasteiger partial charge in [0, 0.05) is 37.9 Å². The molecule has 28 heavy (non-hydrogen) atoms. The summed E-state index contributed by atoms with van der Waals surface area (Å²) >= 11 is 1.29. The Morgan fingerprint density at radius 3 is 2.93 bits per heavy atom. The lowest BCUT2D eigenvalue weighted by atomic mass is 9.91. The third-order valence-electron chi connectivity index (χ3n) is 5.40. The monoisotopic (exact) mass is 404 g/mol. The first kappa shape index (κ1) is 19.0. The van der Waals surface area contributed by atoms with Crippen LogP contribution in [0, 0.1) is 12.8 Å². The van der Waals surface area contributed by atoms with E-state index in [9.17, 15) is 9.59 Å². The molecule has 4 heterocycles. The average Bonchev–Trinajstić information content (AvgIpc) is 3.34. The van der Waals surface area contributed by atoms with Gasteiger partial charge in [-0.05, 0) is 45.1 Å². The molecule has 0 aromatic carbocycles. The van der Waals surface area contributed by atoms with Crippen LogP contribution in [0.25, 0.3) is 10.6 Å². The maximum Gasteiger partial charge on any atom is 0.310 e. The van der Waals surface area contributed by atoms with Crippen molar-refractivity contribution in [3.05, 3.63) is 17.5 Å². The molecule has 0 bridgehead atoms. The number of hydrogen-bond donors (Lipinski definition) is 0. The molecule has 4 rings (SSSR count). The van der Waals surface area contributed by atoms with E-state index in [4.69, 9.17) is 9.26 Å². The molecule has 150 valence electrons. The number of piperidine rings is 1. The molecule has 0 spiro atoms. The van der Waals surface area contributed by atoms with Crippen LogP contribution in [0.4, 0.5) is 0 Å². The van der Waals surface area contributed by atoms with Crippen molar-refractivity contribution in [1.29, 1.82) is 0 Å². The summed E-state index contributed by atoms with van der Waals surface area (Å²) in [6.45, 7) is 6.92. The molecule has 2 aromatic rings. The number of rotatable bonds is 4. The minimum Gasteiger partial charge on any atom is -0.459 e. The molecular weight excluding hydrogens is 380 g/mol. The van der Waals surface area contributed by atoms with Crippen molar-refractivity contribution in [3.8, 4) is 10.6 Å². The lowest BCUT2D eigenvalue weighted by Gasteiger charge is -2.32. The van der Waals surface area contributed by atoms with Gasteiger partial charge in [0.25, 0.3) is 0 Å². The zero-order valence-electron chi connectivity index (χ0n) is 16.3. The lowest BCUT2D eigenvalue weighted by molar-refractivity contribution is -0.150. The number of aromatic nitrogens is 3. The van der Waals surface area contributed by atoms with Gasteiger partial charge < -0.3 is 14.2 Å². The summed E-state index contributed by atoms with van der Waals surface area (Å²) in [4.78, 5) is 27.6. The zero-order valence-corrected chi connectivity index (χ0v) is 17.1. The summed E-state index contributed by atoms with van der Waals surface area (Å²) in [7, 11) is 0. The van der Waals surface area contributed by atoms with E-state index in [2.05, 4.69) is 14.7 Å². The van der Waals surface area contributed by atoms with Crippen LogP contribution < -0.4 is 0 Å². The molecule has 2 atom stereocenters. The molecular formula is C19H24N4O4S. The largest absolute Gasteiger partial charge is 0.459 e. The molecule has 0 saturated carbocycles. The Morgan fingerprint density at radius 2 is 2.25 bits per heavy atom. The van der Waals surface area contributed by atoms with E-state index in [1.54, 1.807) is 0 Å². The fraction of sp³-hybridized carbons (Fsp3) is 0.632. The normalized spacial score (nSPS) is 24.4. The molecule has 0 unspecified atom stereocenters. The van der Waals surface area contributed by atoms with Gasteiger partial charge in [-0.15, -0.1) is 5.10 Å². The Kier molecular flexibility index (Phi) is 4.95. The van der Waals surface area contributed by atoms with Gasteiger partial charge in [-0.1, -0.05) is 9.64 Å². The highest BCUT2D eigenvalue weighted by Gasteiger charge is 2.42. The number of ether oxygens (including phenoxy) is 1. The maximum atomic E-state index is 12.8. The van der Waals surface area contributed by atoms with Crippen LogP contribution >= 0.6 is 11.5 Å². The van der Waals surface area contributed by atoms with Crippen LogP contribution in [0.3, 0.4) is 0 Å². The standard InChI is InChI=1S/C19H24N4O4S/c1-11-7-14(27-21-11)17-16(20-22-28-17)12-5-4-6-23(10-12)15(24)8-13-9-19(2,3)26-18(13)25/h7,12-13H,4-6,8-10H2,1-3H3/t12-,13+/m0/s1. The third kappa shape index (κ3) is 3.80. The smallest absolute Gasteiger partial charge is 0.310 e. The van der Waals surface area contributed by atoms with Gasteiger partial charge in [0.2, 0.25) is 5.91 Å². The van der Waals surface area contributed by atoms with Gasteiger partial charge in [-0.2, -0.15) is 0 Å². The highest BCUT2D eigenvalue weighted by atomic mass is 32.1. The topological polar surface area (TPSA) is 98.4 Å². The molecule has 2 aliphatic rings. The van der Waals surface area contributed by atoms with Crippen molar-refractivity contribution in [3.63, 3.8) is 0 Å². The van der Waals surface area contributed by atoms with Crippen molar-refractivity contribution >= 4 is 23.4 Å². The first-order valence-electron chi connectivity index (χ1n) is 9.59. The molecule has 2 fully saturated rings. The summed E-state index contributed by atoms with van der Waals surface area (Å²) in [5.74, 6) is 0.158. The Balaban J connectivity index is 1.45. The van der Waals surface area contributed by atoms with Gasteiger partial charge in [0.1, 0.15) is 10.5 Å². The number of nitrogens with zero attached hydrogens (tertiary/aromatic N) is 4. The number of amides is 1. The fourth-order valence-corrected chi connectivity index (χ4v) is 4.80. The molecule has 0 aliphatic carbocycles. The van der Waals surface area contributed by atoms with Crippen LogP contribution in [0.2, 0.25) is 0 Å². The number of likely N-dealkylation sites (tertiary alicyclic amines) is 1. The van der Waals surface area contributed by atoms with Crippen LogP contribution in [-0.2, 0) is 14.3 Å². The number of esters is 1. The minimum absolute atomic E-state index is 0.00426. The van der Waals surface area contributed by atoms with Gasteiger partial charge >= 0.3 is 5.97 Å². The van der Waals surface area contributed by atoms with Gasteiger partial charge in [-0.3, -0.25) is 9.59 Å².